The number of ketones is 1. The highest BCUT2D eigenvalue weighted by Crippen LogP contribution is 2.36. The standard InChI is InChI=1S/C12H19NO3/c1-12(2,3)16-11(15)13-6-8-4-10(14)5-9(8)7-13/h8-9H,4-7H2,1-3H3/t8-,9?/m1/s1. The van der Waals surface area contributed by atoms with E-state index >= 15 is 0 Å². The van der Waals surface area contributed by atoms with Gasteiger partial charge in [-0.25, -0.2) is 4.79 Å². The van der Waals surface area contributed by atoms with E-state index in [4.69, 9.17) is 4.74 Å². The SMILES string of the molecule is CC(C)(C)OC(=O)N1CC2CC(=O)C[C@@H]2C1. The maximum absolute atomic E-state index is 11.8. The lowest BCUT2D eigenvalue weighted by molar-refractivity contribution is -0.118. The molecule has 0 aromatic heterocycles. The van der Waals surface area contributed by atoms with Crippen molar-refractivity contribution >= 4 is 11.9 Å². The van der Waals surface area contributed by atoms with Crippen LogP contribution in [-0.2, 0) is 9.53 Å². The van der Waals surface area contributed by atoms with Crippen LogP contribution in [0.25, 0.3) is 0 Å². The Morgan fingerprint density at radius 2 is 1.75 bits per heavy atom. The minimum Gasteiger partial charge on any atom is -0.444 e. The second-order valence-corrected chi connectivity index (χ2v) is 5.85. The van der Waals surface area contributed by atoms with E-state index in [1.807, 2.05) is 20.8 Å². The van der Waals surface area contributed by atoms with Crippen LogP contribution in [0.2, 0.25) is 0 Å². The quantitative estimate of drug-likeness (QED) is 0.632. The second-order valence-electron chi connectivity index (χ2n) is 5.85. The van der Waals surface area contributed by atoms with Gasteiger partial charge in [-0.3, -0.25) is 4.79 Å². The lowest BCUT2D eigenvalue weighted by atomic mass is 10.0. The summed E-state index contributed by atoms with van der Waals surface area (Å²) in [5.41, 5.74) is -0.440. The highest BCUT2D eigenvalue weighted by atomic mass is 16.6. The third-order valence-electron chi connectivity index (χ3n) is 3.21. The monoisotopic (exact) mass is 225 g/mol. The van der Waals surface area contributed by atoms with Gasteiger partial charge in [0.15, 0.2) is 0 Å². The highest BCUT2D eigenvalue weighted by molar-refractivity contribution is 5.82. The lowest BCUT2D eigenvalue weighted by Gasteiger charge is -2.24. The van der Waals surface area contributed by atoms with Crippen molar-refractivity contribution in [2.45, 2.75) is 39.2 Å². The molecule has 4 nitrogen and oxygen atoms in total. The van der Waals surface area contributed by atoms with Crippen molar-refractivity contribution in [1.82, 2.24) is 4.90 Å². The molecule has 1 aliphatic heterocycles. The van der Waals surface area contributed by atoms with Crippen molar-refractivity contribution in [2.75, 3.05) is 13.1 Å². The van der Waals surface area contributed by atoms with Gasteiger partial charge in [0.1, 0.15) is 11.4 Å². The molecule has 0 N–H and O–H groups in total. The molecule has 90 valence electrons. The average molecular weight is 225 g/mol. The van der Waals surface area contributed by atoms with Crippen molar-refractivity contribution < 1.29 is 14.3 Å². The van der Waals surface area contributed by atoms with Gasteiger partial charge in [0.2, 0.25) is 0 Å². The van der Waals surface area contributed by atoms with Crippen LogP contribution in [0, 0.1) is 11.8 Å². The fourth-order valence-corrected chi connectivity index (χ4v) is 2.55. The topological polar surface area (TPSA) is 46.6 Å². The first-order valence-electron chi connectivity index (χ1n) is 5.85. The zero-order chi connectivity index (χ0) is 11.9. The molecule has 0 spiro atoms. The number of carbonyl (C=O) groups is 2. The maximum Gasteiger partial charge on any atom is 0.410 e. The Kier molecular flexibility index (Phi) is 2.68. The Morgan fingerprint density at radius 3 is 2.19 bits per heavy atom. The van der Waals surface area contributed by atoms with E-state index in [-0.39, 0.29) is 6.09 Å². The molecule has 2 rings (SSSR count). The van der Waals surface area contributed by atoms with Crippen molar-refractivity contribution in [3.63, 3.8) is 0 Å². The highest BCUT2D eigenvalue weighted by Gasteiger charge is 2.42. The summed E-state index contributed by atoms with van der Waals surface area (Å²) in [5, 5.41) is 0. The van der Waals surface area contributed by atoms with Crippen molar-refractivity contribution in [3.8, 4) is 0 Å². The Hall–Kier alpha value is -1.06. The molecule has 2 atom stereocenters. The Morgan fingerprint density at radius 1 is 1.25 bits per heavy atom. The molecule has 1 saturated carbocycles. The summed E-state index contributed by atoms with van der Waals surface area (Å²) in [5.74, 6) is 1.10. The van der Waals surface area contributed by atoms with Crippen LogP contribution in [-0.4, -0.2) is 35.5 Å². The van der Waals surface area contributed by atoms with Crippen LogP contribution in [0.1, 0.15) is 33.6 Å². The van der Waals surface area contributed by atoms with Crippen LogP contribution in [0.15, 0.2) is 0 Å². The molecule has 2 aliphatic rings. The Balaban J connectivity index is 1.90. The predicted octanol–water partition coefficient (Wildman–Crippen LogP) is 1.83. The summed E-state index contributed by atoms with van der Waals surface area (Å²) in [4.78, 5) is 24.8. The van der Waals surface area contributed by atoms with Crippen LogP contribution >= 0.6 is 0 Å². The normalized spacial score (nSPS) is 29.4. The molecule has 1 amide bonds. The van der Waals surface area contributed by atoms with Gasteiger partial charge >= 0.3 is 6.09 Å². The molecule has 0 aromatic rings. The van der Waals surface area contributed by atoms with E-state index < -0.39 is 5.60 Å². The zero-order valence-electron chi connectivity index (χ0n) is 10.2. The third kappa shape index (κ3) is 2.36. The summed E-state index contributed by atoms with van der Waals surface area (Å²) < 4.78 is 5.32. The first kappa shape index (κ1) is 11.4. The van der Waals surface area contributed by atoms with Crippen molar-refractivity contribution in [1.29, 1.82) is 0 Å². The number of likely N-dealkylation sites (tertiary alicyclic amines) is 1. The zero-order valence-corrected chi connectivity index (χ0v) is 10.2. The molecule has 16 heavy (non-hydrogen) atoms. The molecule has 0 bridgehead atoms. The summed E-state index contributed by atoms with van der Waals surface area (Å²) >= 11 is 0. The summed E-state index contributed by atoms with van der Waals surface area (Å²) in [6, 6.07) is 0. The summed E-state index contributed by atoms with van der Waals surface area (Å²) in [7, 11) is 0. The maximum atomic E-state index is 11.8. The number of fused-ring (bicyclic) bond motifs is 1. The number of nitrogens with zero attached hydrogens (tertiary/aromatic N) is 1. The fraction of sp³-hybridized carbons (Fsp3) is 0.833. The molecule has 1 aliphatic carbocycles. The van der Waals surface area contributed by atoms with Gasteiger partial charge in [-0.2, -0.15) is 0 Å². The Bertz CT molecular complexity index is 303. The van der Waals surface area contributed by atoms with Crippen LogP contribution in [0.3, 0.4) is 0 Å². The molecule has 2 fully saturated rings. The summed E-state index contributed by atoms with van der Waals surface area (Å²) in [6.45, 7) is 6.97. The molecule has 0 aromatic carbocycles. The number of rotatable bonds is 0. The number of carbonyl (C=O) groups excluding carboxylic acids is 2. The number of Topliss-reactive ketones (excluding diaryl/α,β-unsaturated/α-hetero) is 1. The van der Waals surface area contributed by atoms with Crippen molar-refractivity contribution in [3.05, 3.63) is 0 Å². The van der Waals surface area contributed by atoms with E-state index in [0.29, 0.717) is 43.6 Å². The van der Waals surface area contributed by atoms with Gasteiger partial charge in [-0.05, 0) is 32.6 Å². The second kappa shape index (κ2) is 3.75. The molecule has 0 radical (unpaired) electrons. The minimum atomic E-state index is -0.440. The first-order valence-corrected chi connectivity index (χ1v) is 5.85. The van der Waals surface area contributed by atoms with Gasteiger partial charge in [0.05, 0.1) is 0 Å². The molecule has 1 saturated heterocycles. The first-order chi connectivity index (χ1) is 7.35. The number of amides is 1. The predicted molar refractivity (Wildman–Crippen MR) is 59.0 cm³/mol. The number of hydrogen-bond donors (Lipinski definition) is 0. The lowest BCUT2D eigenvalue weighted by Crippen LogP contribution is -2.36. The fourth-order valence-electron chi connectivity index (χ4n) is 2.55. The van der Waals surface area contributed by atoms with Gasteiger partial charge in [-0.15, -0.1) is 0 Å². The van der Waals surface area contributed by atoms with Crippen molar-refractivity contribution in [2.24, 2.45) is 11.8 Å². The van der Waals surface area contributed by atoms with Gasteiger partial charge < -0.3 is 9.64 Å². The number of ether oxygens (including phenoxy) is 1. The molecule has 1 heterocycles. The molecular weight excluding hydrogens is 206 g/mol. The van der Waals surface area contributed by atoms with Crippen LogP contribution in [0.4, 0.5) is 4.79 Å². The molecule has 4 heteroatoms. The third-order valence-corrected chi connectivity index (χ3v) is 3.21. The smallest absolute Gasteiger partial charge is 0.410 e. The average Bonchev–Trinajstić information content (AvgIpc) is 2.56. The van der Waals surface area contributed by atoms with Crippen LogP contribution < -0.4 is 0 Å². The van der Waals surface area contributed by atoms with Gasteiger partial charge in [0.25, 0.3) is 0 Å². The van der Waals surface area contributed by atoms with E-state index in [9.17, 15) is 9.59 Å². The van der Waals surface area contributed by atoms with E-state index in [0.717, 1.165) is 0 Å². The number of hydrogen-bond acceptors (Lipinski definition) is 3. The van der Waals surface area contributed by atoms with Gasteiger partial charge in [-0.1, -0.05) is 0 Å². The van der Waals surface area contributed by atoms with E-state index in [2.05, 4.69) is 0 Å². The van der Waals surface area contributed by atoms with E-state index in [1.165, 1.54) is 0 Å². The van der Waals surface area contributed by atoms with E-state index in [1.54, 1.807) is 4.90 Å². The van der Waals surface area contributed by atoms with Gasteiger partial charge in [0, 0.05) is 25.9 Å². The largest absolute Gasteiger partial charge is 0.444 e. The molecular formula is C12H19NO3. The Labute approximate surface area is 95.9 Å². The minimum absolute atomic E-state index is 0.241. The van der Waals surface area contributed by atoms with Crippen LogP contribution in [0.5, 0.6) is 0 Å². The summed E-state index contributed by atoms with van der Waals surface area (Å²) in [6.07, 6.45) is 1.04. The molecule has 1 unspecified atom stereocenters.